The van der Waals surface area contributed by atoms with Crippen LogP contribution in [-0.4, -0.2) is 45.4 Å². The molecule has 1 aliphatic carbocycles. The minimum absolute atomic E-state index is 0.476. The molecule has 0 aromatic heterocycles. The summed E-state index contributed by atoms with van der Waals surface area (Å²) in [4.78, 5) is 4.33. The van der Waals surface area contributed by atoms with E-state index in [0.29, 0.717) is 5.54 Å². The number of anilines is 1. The van der Waals surface area contributed by atoms with Crippen molar-refractivity contribution in [3.63, 3.8) is 0 Å². The molecule has 4 nitrogen and oxygen atoms in total. The lowest BCUT2D eigenvalue weighted by atomic mass is 9.80. The Morgan fingerprint density at radius 1 is 1.09 bits per heavy atom. The molecule has 0 atom stereocenters. The summed E-state index contributed by atoms with van der Waals surface area (Å²) in [6.07, 6.45) is 7.00. The van der Waals surface area contributed by atoms with Crippen molar-refractivity contribution in [2.45, 2.75) is 37.6 Å². The van der Waals surface area contributed by atoms with Crippen LogP contribution in [0, 0.1) is 0 Å². The van der Waals surface area contributed by atoms with E-state index in [4.69, 9.17) is 4.74 Å². The van der Waals surface area contributed by atoms with Crippen LogP contribution in [0.1, 0.15) is 32.1 Å². The van der Waals surface area contributed by atoms with E-state index in [1.165, 1.54) is 50.9 Å². The maximum atomic E-state index is 5.25. The zero-order valence-electron chi connectivity index (χ0n) is 13.9. The fourth-order valence-corrected chi connectivity index (χ4v) is 4.37. The lowest BCUT2D eigenvalue weighted by molar-refractivity contribution is -0.961. The average Bonchev–Trinajstić information content (AvgIpc) is 2.62. The summed E-state index contributed by atoms with van der Waals surface area (Å²) in [6, 6.07) is 8.49. The van der Waals surface area contributed by atoms with Crippen molar-refractivity contribution >= 4 is 5.69 Å². The van der Waals surface area contributed by atoms with Gasteiger partial charge in [0, 0.05) is 18.5 Å². The van der Waals surface area contributed by atoms with Gasteiger partial charge in [-0.2, -0.15) is 0 Å². The Balaban J connectivity index is 1.61. The largest absolute Gasteiger partial charge is 0.497 e. The Bertz CT molecular complexity index is 460. The minimum atomic E-state index is 0.476. The van der Waals surface area contributed by atoms with E-state index in [9.17, 15) is 0 Å². The van der Waals surface area contributed by atoms with Crippen molar-refractivity contribution < 1.29 is 15.4 Å². The first-order valence-electron chi connectivity index (χ1n) is 8.81. The second kappa shape index (κ2) is 6.88. The second-order valence-electron chi connectivity index (χ2n) is 6.88. The van der Waals surface area contributed by atoms with Gasteiger partial charge in [0.25, 0.3) is 0 Å². The van der Waals surface area contributed by atoms with Crippen molar-refractivity contribution in [3.05, 3.63) is 24.3 Å². The van der Waals surface area contributed by atoms with Crippen LogP contribution in [0.3, 0.4) is 0 Å². The van der Waals surface area contributed by atoms with Gasteiger partial charge in [-0.25, -0.2) is 0 Å². The fraction of sp³-hybridized carbons (Fsp3) is 0.667. The fourth-order valence-electron chi connectivity index (χ4n) is 4.37. The number of rotatable bonds is 4. The van der Waals surface area contributed by atoms with Crippen LogP contribution in [0.15, 0.2) is 24.3 Å². The molecular formula is C18H31N3O+2. The Labute approximate surface area is 134 Å². The highest BCUT2D eigenvalue weighted by Crippen LogP contribution is 2.25. The Morgan fingerprint density at radius 2 is 1.73 bits per heavy atom. The molecule has 1 saturated carbocycles. The lowest BCUT2D eigenvalue weighted by Gasteiger charge is -2.45. The first-order chi connectivity index (χ1) is 10.8. The van der Waals surface area contributed by atoms with E-state index < -0.39 is 0 Å². The van der Waals surface area contributed by atoms with Gasteiger partial charge in [0.15, 0.2) is 0 Å². The van der Waals surface area contributed by atoms with Gasteiger partial charge in [-0.3, -0.25) is 0 Å². The molecule has 1 aromatic rings. The van der Waals surface area contributed by atoms with Crippen molar-refractivity contribution in [2.24, 2.45) is 0 Å². The molecule has 1 aliphatic heterocycles. The molecule has 3 rings (SSSR count). The predicted octanol–water partition coefficient (Wildman–Crippen LogP) is 0.345. The molecule has 2 fully saturated rings. The van der Waals surface area contributed by atoms with Gasteiger partial charge in [0.1, 0.15) is 17.8 Å². The van der Waals surface area contributed by atoms with Crippen LogP contribution in [0.25, 0.3) is 0 Å². The molecule has 4 N–H and O–H groups in total. The number of methoxy groups -OCH3 is 1. The number of nitrogens with one attached hydrogen (secondary N) is 1. The number of piperazine rings is 1. The third-order valence-corrected chi connectivity index (χ3v) is 5.84. The van der Waals surface area contributed by atoms with Gasteiger partial charge in [-0.1, -0.05) is 6.42 Å². The van der Waals surface area contributed by atoms with Crippen LogP contribution < -0.4 is 20.3 Å². The number of benzene rings is 1. The van der Waals surface area contributed by atoms with E-state index in [1.807, 2.05) is 4.90 Å². The van der Waals surface area contributed by atoms with Crippen LogP contribution in [0.4, 0.5) is 5.69 Å². The van der Waals surface area contributed by atoms with Crippen LogP contribution >= 0.6 is 0 Å². The lowest BCUT2D eigenvalue weighted by Crippen LogP contribution is -3.24. The van der Waals surface area contributed by atoms with Crippen LogP contribution in [-0.2, 0) is 0 Å². The van der Waals surface area contributed by atoms with Gasteiger partial charge in [-0.15, -0.1) is 0 Å². The predicted molar refractivity (Wildman–Crippen MR) is 89.5 cm³/mol. The number of hydrogen-bond donors (Lipinski definition) is 2. The molecule has 22 heavy (non-hydrogen) atoms. The number of hydrogen-bond acceptors (Lipinski definition) is 2. The average molecular weight is 305 g/mol. The second-order valence-corrected chi connectivity index (χ2v) is 6.88. The summed E-state index contributed by atoms with van der Waals surface area (Å²) in [7, 11) is 1.72. The molecule has 0 radical (unpaired) electrons. The van der Waals surface area contributed by atoms with Crippen molar-refractivity contribution in [1.82, 2.24) is 0 Å². The van der Waals surface area contributed by atoms with E-state index >= 15 is 0 Å². The van der Waals surface area contributed by atoms with Gasteiger partial charge >= 0.3 is 0 Å². The minimum Gasteiger partial charge on any atom is -0.497 e. The normalized spacial score (nSPS) is 22.5. The molecule has 2 aliphatic rings. The molecule has 0 unspecified atom stereocenters. The number of quaternary nitrogens is 2. The monoisotopic (exact) mass is 305 g/mol. The summed E-state index contributed by atoms with van der Waals surface area (Å²) >= 11 is 0. The Hall–Kier alpha value is -1.26. The molecule has 0 amide bonds. The molecule has 1 heterocycles. The van der Waals surface area contributed by atoms with E-state index in [-0.39, 0.29) is 0 Å². The summed E-state index contributed by atoms with van der Waals surface area (Å²) in [5.74, 6) is 0.936. The first-order valence-corrected chi connectivity index (χ1v) is 8.81. The molecule has 1 aromatic carbocycles. The van der Waals surface area contributed by atoms with Gasteiger partial charge in [-0.05, 0) is 37.1 Å². The van der Waals surface area contributed by atoms with E-state index in [1.54, 1.807) is 7.11 Å². The maximum absolute atomic E-state index is 5.25. The van der Waals surface area contributed by atoms with Gasteiger partial charge in [0.05, 0.1) is 33.3 Å². The number of nitrogens with zero attached hydrogens (tertiary/aromatic N) is 1. The zero-order valence-corrected chi connectivity index (χ0v) is 13.9. The van der Waals surface area contributed by atoms with Crippen LogP contribution in [0.5, 0.6) is 5.75 Å². The summed E-state index contributed by atoms with van der Waals surface area (Å²) < 4.78 is 5.25. The SMILES string of the molecule is COc1ccc(N2CC[NH+](C3(C[NH3+])CCCCC3)CC2)cc1. The molecule has 1 saturated heterocycles. The molecular weight excluding hydrogens is 274 g/mol. The quantitative estimate of drug-likeness (QED) is 0.843. The third kappa shape index (κ3) is 3.08. The molecule has 4 heteroatoms. The highest BCUT2D eigenvalue weighted by Gasteiger charge is 2.43. The van der Waals surface area contributed by atoms with E-state index in [0.717, 1.165) is 25.4 Å². The number of ether oxygens (including phenoxy) is 1. The van der Waals surface area contributed by atoms with Crippen molar-refractivity contribution in [1.29, 1.82) is 0 Å². The zero-order chi connectivity index (χ0) is 15.4. The van der Waals surface area contributed by atoms with Crippen molar-refractivity contribution in [2.75, 3.05) is 44.7 Å². The summed E-state index contributed by atoms with van der Waals surface area (Å²) in [6.45, 7) is 5.92. The van der Waals surface area contributed by atoms with Crippen molar-refractivity contribution in [3.8, 4) is 5.75 Å². The Morgan fingerprint density at radius 3 is 2.27 bits per heavy atom. The molecule has 122 valence electrons. The first kappa shape index (κ1) is 15.6. The standard InChI is InChI=1S/C18H29N3O/c1-22-17-7-5-16(6-8-17)20-11-13-21(14-12-20)18(15-19)9-3-2-4-10-18/h5-8H,2-4,9-15,19H2,1H3/p+2. The highest BCUT2D eigenvalue weighted by atomic mass is 16.5. The highest BCUT2D eigenvalue weighted by molar-refractivity contribution is 5.49. The topological polar surface area (TPSA) is 44.5 Å². The summed E-state index contributed by atoms with van der Waals surface area (Å²) in [5, 5.41) is 0. The van der Waals surface area contributed by atoms with Gasteiger partial charge < -0.3 is 20.3 Å². The van der Waals surface area contributed by atoms with Gasteiger partial charge in [0.2, 0.25) is 0 Å². The Kier molecular flexibility index (Phi) is 4.89. The maximum Gasteiger partial charge on any atom is 0.147 e. The smallest absolute Gasteiger partial charge is 0.147 e. The van der Waals surface area contributed by atoms with E-state index in [2.05, 4.69) is 34.9 Å². The van der Waals surface area contributed by atoms with Crippen LogP contribution in [0.2, 0.25) is 0 Å². The summed E-state index contributed by atoms with van der Waals surface area (Å²) in [5.41, 5.74) is 6.11. The molecule has 0 spiro atoms. The molecule has 0 bridgehead atoms. The third-order valence-electron chi connectivity index (χ3n) is 5.84.